The van der Waals surface area contributed by atoms with Gasteiger partial charge in [-0.1, -0.05) is 0 Å². The average Bonchev–Trinajstić information content (AvgIpc) is 2.60. The lowest BCUT2D eigenvalue weighted by Crippen LogP contribution is -2.33. The van der Waals surface area contributed by atoms with Gasteiger partial charge in [0.2, 0.25) is 0 Å². The number of carbonyl (C=O) groups excluding carboxylic acids is 1. The van der Waals surface area contributed by atoms with E-state index in [1.807, 2.05) is 13.8 Å². The number of amides is 1. The number of thiazole rings is 1. The van der Waals surface area contributed by atoms with Gasteiger partial charge in [-0.3, -0.25) is 4.79 Å². The van der Waals surface area contributed by atoms with Crippen LogP contribution in [0.4, 0.5) is 0 Å². The molecule has 1 atom stereocenters. The second-order valence-corrected chi connectivity index (χ2v) is 5.96. The van der Waals surface area contributed by atoms with Crippen molar-refractivity contribution in [2.45, 2.75) is 38.7 Å². The Hall–Kier alpha value is -0.940. The van der Waals surface area contributed by atoms with Gasteiger partial charge in [0.15, 0.2) is 0 Å². The predicted molar refractivity (Wildman–Crippen MR) is 67.2 cm³/mol. The normalized spacial score (nSPS) is 25.7. The fourth-order valence-corrected chi connectivity index (χ4v) is 2.68. The number of aromatic nitrogens is 1. The molecule has 17 heavy (non-hydrogen) atoms. The molecule has 1 fully saturated rings. The zero-order valence-corrected chi connectivity index (χ0v) is 11.1. The predicted octanol–water partition coefficient (Wildman–Crippen LogP) is 1.83. The highest BCUT2D eigenvalue weighted by molar-refractivity contribution is 7.09. The summed E-state index contributed by atoms with van der Waals surface area (Å²) in [4.78, 5) is 18.2. The van der Waals surface area contributed by atoms with Gasteiger partial charge >= 0.3 is 0 Å². The largest absolute Gasteiger partial charge is 0.390 e. The van der Waals surface area contributed by atoms with Gasteiger partial charge in [-0.05, 0) is 33.1 Å². The molecule has 1 aliphatic rings. The van der Waals surface area contributed by atoms with Crippen molar-refractivity contribution in [3.8, 4) is 0 Å². The molecule has 0 spiro atoms. The molecule has 2 rings (SSSR count). The second-order valence-electron chi connectivity index (χ2n) is 4.89. The van der Waals surface area contributed by atoms with Crippen molar-refractivity contribution in [3.63, 3.8) is 0 Å². The molecule has 5 heteroatoms. The third kappa shape index (κ3) is 3.04. The average molecular weight is 254 g/mol. The van der Waals surface area contributed by atoms with Crippen LogP contribution in [-0.2, 0) is 0 Å². The van der Waals surface area contributed by atoms with Crippen LogP contribution in [0.2, 0.25) is 0 Å². The molecule has 4 nitrogen and oxygen atoms in total. The van der Waals surface area contributed by atoms with E-state index in [1.165, 1.54) is 11.3 Å². The van der Waals surface area contributed by atoms with E-state index in [2.05, 4.69) is 4.98 Å². The monoisotopic (exact) mass is 254 g/mol. The molecule has 1 aliphatic heterocycles. The van der Waals surface area contributed by atoms with E-state index in [-0.39, 0.29) is 5.91 Å². The van der Waals surface area contributed by atoms with E-state index in [9.17, 15) is 9.90 Å². The molecule has 0 aliphatic carbocycles. The van der Waals surface area contributed by atoms with Gasteiger partial charge < -0.3 is 10.0 Å². The minimum Gasteiger partial charge on any atom is -0.390 e. The van der Waals surface area contributed by atoms with E-state index in [4.69, 9.17) is 0 Å². The maximum Gasteiger partial charge on any atom is 0.273 e. The first kappa shape index (κ1) is 12.5. The third-order valence-corrected chi connectivity index (χ3v) is 3.96. The van der Waals surface area contributed by atoms with Gasteiger partial charge in [-0.2, -0.15) is 0 Å². The molecule has 0 aromatic carbocycles. The summed E-state index contributed by atoms with van der Waals surface area (Å²) < 4.78 is 0. The van der Waals surface area contributed by atoms with Crippen LogP contribution in [0.25, 0.3) is 0 Å². The molecular formula is C12H18N2O2S. The minimum atomic E-state index is -0.632. The summed E-state index contributed by atoms with van der Waals surface area (Å²) in [6.07, 6.45) is 2.25. The number of nitrogens with zero attached hydrogens (tertiary/aromatic N) is 2. The zero-order chi connectivity index (χ0) is 12.5. The molecule has 94 valence electrons. The highest BCUT2D eigenvalue weighted by Gasteiger charge is 2.28. The van der Waals surface area contributed by atoms with Crippen LogP contribution >= 0.6 is 11.3 Å². The molecule has 1 amide bonds. The zero-order valence-electron chi connectivity index (χ0n) is 10.3. The van der Waals surface area contributed by atoms with Gasteiger partial charge in [0.1, 0.15) is 5.69 Å². The van der Waals surface area contributed by atoms with Crippen molar-refractivity contribution in [1.29, 1.82) is 0 Å². The van der Waals surface area contributed by atoms with Crippen LogP contribution in [0.5, 0.6) is 0 Å². The van der Waals surface area contributed by atoms with E-state index in [0.29, 0.717) is 25.2 Å². The summed E-state index contributed by atoms with van der Waals surface area (Å²) >= 11 is 1.49. The quantitative estimate of drug-likeness (QED) is 0.832. The summed E-state index contributed by atoms with van der Waals surface area (Å²) in [6.45, 7) is 5.07. The Balaban J connectivity index is 2.05. The first-order chi connectivity index (χ1) is 7.98. The smallest absolute Gasteiger partial charge is 0.273 e. The Bertz CT molecular complexity index is 414. The summed E-state index contributed by atoms with van der Waals surface area (Å²) in [5, 5.41) is 12.7. The molecule has 0 saturated carbocycles. The third-order valence-electron chi connectivity index (χ3n) is 3.19. The van der Waals surface area contributed by atoms with Crippen molar-refractivity contribution in [2.75, 3.05) is 13.1 Å². The number of carbonyl (C=O) groups is 1. The minimum absolute atomic E-state index is 0.00736. The lowest BCUT2D eigenvalue weighted by atomic mass is 9.98. The van der Waals surface area contributed by atoms with E-state index in [0.717, 1.165) is 17.8 Å². The van der Waals surface area contributed by atoms with Crippen LogP contribution in [0.3, 0.4) is 0 Å². The maximum atomic E-state index is 12.2. The summed E-state index contributed by atoms with van der Waals surface area (Å²) in [6, 6.07) is 0. The molecule has 1 aromatic heterocycles. The maximum absolute atomic E-state index is 12.2. The topological polar surface area (TPSA) is 53.4 Å². The van der Waals surface area contributed by atoms with Crippen LogP contribution < -0.4 is 0 Å². The van der Waals surface area contributed by atoms with Crippen LogP contribution in [-0.4, -0.2) is 39.6 Å². The van der Waals surface area contributed by atoms with Crippen LogP contribution in [0.1, 0.15) is 41.7 Å². The van der Waals surface area contributed by atoms with E-state index >= 15 is 0 Å². The van der Waals surface area contributed by atoms with Crippen molar-refractivity contribution in [1.82, 2.24) is 9.88 Å². The number of hydrogen-bond donors (Lipinski definition) is 1. The number of aryl methyl sites for hydroxylation is 1. The molecule has 0 radical (unpaired) electrons. The highest BCUT2D eigenvalue weighted by Crippen LogP contribution is 2.22. The molecule has 1 N–H and O–H groups in total. The lowest BCUT2D eigenvalue weighted by molar-refractivity contribution is 0.0437. The fraction of sp³-hybridized carbons (Fsp3) is 0.667. The Morgan fingerprint density at radius 3 is 2.94 bits per heavy atom. The Kier molecular flexibility index (Phi) is 3.49. The summed E-state index contributed by atoms with van der Waals surface area (Å²) in [7, 11) is 0. The Morgan fingerprint density at radius 2 is 2.29 bits per heavy atom. The van der Waals surface area contributed by atoms with Gasteiger partial charge in [0, 0.05) is 18.5 Å². The number of hydrogen-bond acceptors (Lipinski definition) is 4. The fourth-order valence-electron chi connectivity index (χ4n) is 2.09. The number of likely N-dealkylation sites (tertiary alicyclic amines) is 1. The van der Waals surface area contributed by atoms with E-state index < -0.39 is 5.60 Å². The number of aliphatic hydroxyl groups is 1. The van der Waals surface area contributed by atoms with Crippen molar-refractivity contribution in [2.24, 2.45) is 0 Å². The van der Waals surface area contributed by atoms with Gasteiger partial charge in [0.05, 0.1) is 10.6 Å². The van der Waals surface area contributed by atoms with Crippen molar-refractivity contribution in [3.05, 3.63) is 16.1 Å². The van der Waals surface area contributed by atoms with E-state index in [1.54, 1.807) is 10.3 Å². The first-order valence-corrected chi connectivity index (χ1v) is 6.80. The standard InChI is InChI=1S/C12H18N2O2S/c1-9-13-10(8-17-9)11(15)14-6-3-4-12(2,16)5-7-14/h8,16H,3-7H2,1-2H3. The van der Waals surface area contributed by atoms with Gasteiger partial charge in [-0.15, -0.1) is 11.3 Å². The van der Waals surface area contributed by atoms with Crippen molar-refractivity contribution >= 4 is 17.2 Å². The van der Waals surface area contributed by atoms with Gasteiger partial charge in [0.25, 0.3) is 5.91 Å². The summed E-state index contributed by atoms with van der Waals surface area (Å²) in [5.41, 5.74) is -0.0958. The Labute approximate surface area is 105 Å². The second kappa shape index (κ2) is 4.74. The lowest BCUT2D eigenvalue weighted by Gasteiger charge is -2.22. The number of rotatable bonds is 1. The van der Waals surface area contributed by atoms with Gasteiger partial charge in [-0.25, -0.2) is 4.98 Å². The molecule has 2 heterocycles. The highest BCUT2D eigenvalue weighted by atomic mass is 32.1. The first-order valence-electron chi connectivity index (χ1n) is 5.92. The molecule has 1 saturated heterocycles. The molecule has 1 unspecified atom stereocenters. The van der Waals surface area contributed by atoms with Crippen LogP contribution in [0, 0.1) is 6.92 Å². The summed E-state index contributed by atoms with van der Waals surface area (Å²) in [5.74, 6) is -0.00736. The Morgan fingerprint density at radius 1 is 1.53 bits per heavy atom. The molecule has 1 aromatic rings. The van der Waals surface area contributed by atoms with Crippen molar-refractivity contribution < 1.29 is 9.90 Å². The molecular weight excluding hydrogens is 236 g/mol. The SMILES string of the molecule is Cc1nc(C(=O)N2CCCC(C)(O)CC2)cs1. The van der Waals surface area contributed by atoms with Crippen LogP contribution in [0.15, 0.2) is 5.38 Å². The molecule has 0 bridgehead atoms.